The van der Waals surface area contributed by atoms with Crippen molar-refractivity contribution in [2.24, 2.45) is 0 Å². The van der Waals surface area contributed by atoms with E-state index in [0.29, 0.717) is 6.42 Å². The molecule has 1 aliphatic rings. The third kappa shape index (κ3) is 3.11. The van der Waals surface area contributed by atoms with E-state index in [4.69, 9.17) is 11.0 Å². The van der Waals surface area contributed by atoms with Crippen LogP contribution in [0.2, 0.25) is 0 Å². The molecule has 17 heavy (non-hydrogen) atoms. The quantitative estimate of drug-likeness (QED) is 0.795. The van der Waals surface area contributed by atoms with E-state index in [1.54, 1.807) is 0 Å². The van der Waals surface area contributed by atoms with Gasteiger partial charge in [-0.15, -0.1) is 0 Å². The minimum Gasteiger partial charge on any atom is -0.399 e. The number of hydrogen-bond acceptors (Lipinski definition) is 4. The molecule has 4 heteroatoms. The molecule has 2 rings (SSSR count). The number of piperazine rings is 1. The van der Waals surface area contributed by atoms with E-state index in [2.05, 4.69) is 28.0 Å². The molecule has 1 heterocycles. The fourth-order valence-electron chi connectivity index (χ4n) is 2.12. The van der Waals surface area contributed by atoms with Crippen molar-refractivity contribution >= 4 is 11.4 Å². The smallest absolute Gasteiger partial charge is 0.0635 e. The number of benzene rings is 1. The van der Waals surface area contributed by atoms with Gasteiger partial charge in [-0.2, -0.15) is 5.26 Å². The third-order valence-corrected chi connectivity index (χ3v) is 3.17. The monoisotopic (exact) mass is 230 g/mol. The van der Waals surface area contributed by atoms with Gasteiger partial charge in [-0.25, -0.2) is 0 Å². The highest BCUT2D eigenvalue weighted by Gasteiger charge is 2.16. The Kier molecular flexibility index (Phi) is 3.84. The maximum absolute atomic E-state index is 8.55. The highest BCUT2D eigenvalue weighted by Crippen LogP contribution is 2.17. The molecule has 0 atom stereocenters. The molecule has 1 aromatic carbocycles. The van der Waals surface area contributed by atoms with E-state index in [1.165, 1.54) is 5.69 Å². The second kappa shape index (κ2) is 5.55. The minimum atomic E-state index is 0.627. The Morgan fingerprint density at radius 3 is 2.35 bits per heavy atom. The van der Waals surface area contributed by atoms with Crippen LogP contribution in [0.3, 0.4) is 0 Å². The zero-order chi connectivity index (χ0) is 12.1. The van der Waals surface area contributed by atoms with Gasteiger partial charge in [0.1, 0.15) is 0 Å². The second-order valence-corrected chi connectivity index (χ2v) is 4.33. The molecule has 1 aromatic rings. The van der Waals surface area contributed by atoms with E-state index in [9.17, 15) is 0 Å². The van der Waals surface area contributed by atoms with Gasteiger partial charge in [-0.3, -0.25) is 4.90 Å². The summed E-state index contributed by atoms with van der Waals surface area (Å²) < 4.78 is 0. The van der Waals surface area contributed by atoms with Gasteiger partial charge in [0.05, 0.1) is 6.07 Å². The van der Waals surface area contributed by atoms with Gasteiger partial charge in [0.15, 0.2) is 0 Å². The predicted octanol–water partition coefficient (Wildman–Crippen LogP) is 1.30. The minimum absolute atomic E-state index is 0.627. The van der Waals surface area contributed by atoms with Crippen LogP contribution >= 0.6 is 0 Å². The zero-order valence-electron chi connectivity index (χ0n) is 9.97. The van der Waals surface area contributed by atoms with Crippen LogP contribution in [0, 0.1) is 11.3 Å². The molecule has 0 amide bonds. The van der Waals surface area contributed by atoms with Crippen molar-refractivity contribution in [3.8, 4) is 6.07 Å². The lowest BCUT2D eigenvalue weighted by molar-refractivity contribution is 0.263. The van der Waals surface area contributed by atoms with Crippen LogP contribution in [-0.4, -0.2) is 37.6 Å². The summed E-state index contributed by atoms with van der Waals surface area (Å²) in [7, 11) is 0. The number of anilines is 2. The molecule has 0 aromatic heterocycles. The number of nitrogens with zero attached hydrogens (tertiary/aromatic N) is 3. The molecule has 0 radical (unpaired) electrons. The largest absolute Gasteiger partial charge is 0.399 e. The Labute approximate surface area is 102 Å². The summed E-state index contributed by atoms with van der Waals surface area (Å²) in [5.74, 6) is 0. The number of hydrogen-bond donors (Lipinski definition) is 1. The standard InChI is InChI=1S/C13H18N4/c14-6-1-7-16-8-10-17(11-9-16)13-4-2-12(15)3-5-13/h2-5H,1,7-11,15H2. The molecule has 0 aliphatic carbocycles. The van der Waals surface area contributed by atoms with Crippen LogP contribution in [0.25, 0.3) is 0 Å². The van der Waals surface area contributed by atoms with Gasteiger partial charge in [0.2, 0.25) is 0 Å². The predicted molar refractivity (Wildman–Crippen MR) is 69.7 cm³/mol. The summed E-state index contributed by atoms with van der Waals surface area (Å²) in [6, 6.07) is 10.2. The molecule has 0 bridgehead atoms. The molecule has 90 valence electrons. The summed E-state index contributed by atoms with van der Waals surface area (Å²) in [4.78, 5) is 4.71. The fraction of sp³-hybridized carbons (Fsp3) is 0.462. The normalized spacial score (nSPS) is 16.8. The molecule has 4 nitrogen and oxygen atoms in total. The lowest BCUT2D eigenvalue weighted by Gasteiger charge is -2.35. The van der Waals surface area contributed by atoms with E-state index < -0.39 is 0 Å². The highest BCUT2D eigenvalue weighted by atomic mass is 15.3. The number of rotatable bonds is 3. The van der Waals surface area contributed by atoms with Crippen molar-refractivity contribution < 1.29 is 0 Å². The Hall–Kier alpha value is -1.73. The highest BCUT2D eigenvalue weighted by molar-refractivity contribution is 5.53. The molecule has 0 saturated carbocycles. The Morgan fingerprint density at radius 2 is 1.76 bits per heavy atom. The Balaban J connectivity index is 1.87. The molecule has 1 saturated heterocycles. The van der Waals surface area contributed by atoms with E-state index in [1.807, 2.05) is 12.1 Å². The Morgan fingerprint density at radius 1 is 1.12 bits per heavy atom. The van der Waals surface area contributed by atoms with E-state index >= 15 is 0 Å². The Bertz CT molecular complexity index is 385. The first-order chi connectivity index (χ1) is 8.29. The maximum atomic E-state index is 8.55. The van der Waals surface area contributed by atoms with Crippen LogP contribution in [0.5, 0.6) is 0 Å². The van der Waals surface area contributed by atoms with Crippen LogP contribution < -0.4 is 10.6 Å². The SMILES string of the molecule is N#CCCN1CCN(c2ccc(N)cc2)CC1. The first-order valence-corrected chi connectivity index (χ1v) is 5.99. The van der Waals surface area contributed by atoms with Crippen LogP contribution in [0.15, 0.2) is 24.3 Å². The molecule has 0 unspecified atom stereocenters. The van der Waals surface area contributed by atoms with Crippen molar-refractivity contribution in [3.05, 3.63) is 24.3 Å². The van der Waals surface area contributed by atoms with Gasteiger partial charge in [0.25, 0.3) is 0 Å². The summed E-state index contributed by atoms with van der Waals surface area (Å²) >= 11 is 0. The van der Waals surface area contributed by atoms with Crippen LogP contribution in [0.1, 0.15) is 6.42 Å². The van der Waals surface area contributed by atoms with Crippen molar-refractivity contribution in [1.82, 2.24) is 4.90 Å². The van der Waals surface area contributed by atoms with Gasteiger partial charge >= 0.3 is 0 Å². The summed E-state index contributed by atoms with van der Waals surface area (Å²) in [6.07, 6.45) is 0.627. The zero-order valence-corrected chi connectivity index (χ0v) is 9.97. The third-order valence-electron chi connectivity index (χ3n) is 3.17. The van der Waals surface area contributed by atoms with Crippen molar-refractivity contribution in [1.29, 1.82) is 5.26 Å². The van der Waals surface area contributed by atoms with Gasteiger partial charge in [0, 0.05) is 50.5 Å². The molecule has 0 spiro atoms. The van der Waals surface area contributed by atoms with Gasteiger partial charge < -0.3 is 10.6 Å². The fourth-order valence-corrected chi connectivity index (χ4v) is 2.12. The van der Waals surface area contributed by atoms with E-state index in [-0.39, 0.29) is 0 Å². The average molecular weight is 230 g/mol. The maximum Gasteiger partial charge on any atom is 0.0635 e. The lowest BCUT2D eigenvalue weighted by atomic mass is 10.2. The number of nitrogen functional groups attached to an aromatic ring is 1. The van der Waals surface area contributed by atoms with E-state index in [0.717, 1.165) is 38.4 Å². The molecule has 2 N–H and O–H groups in total. The lowest BCUT2D eigenvalue weighted by Crippen LogP contribution is -2.46. The summed E-state index contributed by atoms with van der Waals surface area (Å²) in [6.45, 7) is 5.01. The van der Waals surface area contributed by atoms with Gasteiger partial charge in [-0.1, -0.05) is 0 Å². The number of nitriles is 1. The second-order valence-electron chi connectivity index (χ2n) is 4.33. The first kappa shape index (κ1) is 11.7. The topological polar surface area (TPSA) is 56.3 Å². The van der Waals surface area contributed by atoms with Crippen LogP contribution in [0.4, 0.5) is 11.4 Å². The summed E-state index contributed by atoms with van der Waals surface area (Å²) in [5, 5.41) is 8.55. The first-order valence-electron chi connectivity index (χ1n) is 5.99. The van der Waals surface area contributed by atoms with Gasteiger partial charge in [-0.05, 0) is 24.3 Å². The summed E-state index contributed by atoms with van der Waals surface area (Å²) in [5.41, 5.74) is 7.72. The molecular formula is C13H18N4. The molecular weight excluding hydrogens is 212 g/mol. The van der Waals surface area contributed by atoms with Crippen LogP contribution in [-0.2, 0) is 0 Å². The molecule has 1 fully saturated rings. The van der Waals surface area contributed by atoms with Crippen molar-refractivity contribution in [2.45, 2.75) is 6.42 Å². The van der Waals surface area contributed by atoms with Crippen molar-refractivity contribution in [2.75, 3.05) is 43.4 Å². The average Bonchev–Trinajstić information content (AvgIpc) is 2.38. The molecule has 1 aliphatic heterocycles. The number of nitrogens with two attached hydrogens (primary N) is 1. The van der Waals surface area contributed by atoms with Crippen molar-refractivity contribution in [3.63, 3.8) is 0 Å².